The molecule has 0 atom stereocenters. The van der Waals surface area contributed by atoms with Crippen LogP contribution in [0.5, 0.6) is 0 Å². The Balaban J connectivity index is 2.25. The summed E-state index contributed by atoms with van der Waals surface area (Å²) in [4.78, 5) is -0.223. The molecule has 1 fully saturated rings. The lowest BCUT2D eigenvalue weighted by Gasteiger charge is -2.31. The Morgan fingerprint density at radius 3 is 2.62 bits per heavy atom. The molecule has 0 N–H and O–H groups in total. The Morgan fingerprint density at radius 2 is 2.05 bits per heavy atom. The number of benzene rings is 1. The highest BCUT2D eigenvalue weighted by Crippen LogP contribution is 2.28. The van der Waals surface area contributed by atoms with Gasteiger partial charge in [-0.3, -0.25) is 0 Å². The van der Waals surface area contributed by atoms with Crippen molar-refractivity contribution < 1.29 is 12.8 Å². The normalized spacial score (nSPS) is 17.6. The van der Waals surface area contributed by atoms with Crippen LogP contribution in [0, 0.1) is 23.1 Å². The molecule has 0 amide bonds. The van der Waals surface area contributed by atoms with Crippen molar-refractivity contribution in [2.45, 2.75) is 37.5 Å². The molecular formula is C15H19FN2O2S. The van der Waals surface area contributed by atoms with Gasteiger partial charge in [-0.05, 0) is 30.9 Å². The number of sulfonamides is 1. The Morgan fingerprint density at radius 1 is 1.38 bits per heavy atom. The van der Waals surface area contributed by atoms with Crippen molar-refractivity contribution in [3.8, 4) is 6.07 Å². The van der Waals surface area contributed by atoms with E-state index in [9.17, 15) is 12.8 Å². The lowest BCUT2D eigenvalue weighted by atomic mass is 9.94. The van der Waals surface area contributed by atoms with Crippen LogP contribution in [-0.2, 0) is 10.0 Å². The molecule has 2 rings (SSSR count). The van der Waals surface area contributed by atoms with Gasteiger partial charge in [-0.2, -0.15) is 9.57 Å². The van der Waals surface area contributed by atoms with Crippen LogP contribution >= 0.6 is 0 Å². The zero-order valence-electron chi connectivity index (χ0n) is 12.0. The maximum atomic E-state index is 13.6. The minimum Gasteiger partial charge on any atom is -0.207 e. The van der Waals surface area contributed by atoms with Crippen molar-refractivity contribution in [1.29, 1.82) is 5.26 Å². The number of nitriles is 1. The first-order valence-electron chi connectivity index (χ1n) is 7.19. The van der Waals surface area contributed by atoms with Crippen molar-refractivity contribution in [3.05, 3.63) is 29.6 Å². The van der Waals surface area contributed by atoms with Crippen LogP contribution in [0.1, 0.15) is 38.2 Å². The smallest absolute Gasteiger partial charge is 0.207 e. The van der Waals surface area contributed by atoms with E-state index in [0.717, 1.165) is 31.7 Å². The summed E-state index contributed by atoms with van der Waals surface area (Å²) >= 11 is 0. The molecule has 1 aliphatic rings. The standard InChI is InChI=1S/C15H19FN2O2S/c1-2-4-12-7-9-18(10-8-12)21(19,20)15-6-3-5-14(16)13(15)11-17/h3,5-6,12H,2,4,7-10H2,1H3. The molecule has 1 saturated heterocycles. The number of halogens is 1. The molecule has 0 spiro atoms. The molecule has 0 bridgehead atoms. The van der Waals surface area contributed by atoms with Gasteiger partial charge in [-0.15, -0.1) is 0 Å². The summed E-state index contributed by atoms with van der Waals surface area (Å²) in [5, 5.41) is 9.00. The van der Waals surface area contributed by atoms with Crippen LogP contribution in [0.3, 0.4) is 0 Å². The minimum absolute atomic E-state index is 0.223. The van der Waals surface area contributed by atoms with Gasteiger partial charge in [-0.25, -0.2) is 12.8 Å². The number of piperidine rings is 1. The number of rotatable bonds is 4. The van der Waals surface area contributed by atoms with E-state index in [-0.39, 0.29) is 4.90 Å². The fourth-order valence-corrected chi connectivity index (χ4v) is 4.43. The Bertz CT molecular complexity index is 644. The quantitative estimate of drug-likeness (QED) is 0.859. The van der Waals surface area contributed by atoms with Gasteiger partial charge in [0.2, 0.25) is 10.0 Å². The van der Waals surface area contributed by atoms with E-state index in [1.165, 1.54) is 16.4 Å². The lowest BCUT2D eigenvalue weighted by Crippen LogP contribution is -2.38. The summed E-state index contributed by atoms with van der Waals surface area (Å²) in [6.07, 6.45) is 3.85. The van der Waals surface area contributed by atoms with E-state index >= 15 is 0 Å². The second-order valence-corrected chi connectivity index (χ2v) is 7.27. The van der Waals surface area contributed by atoms with Gasteiger partial charge in [0.05, 0.1) is 0 Å². The van der Waals surface area contributed by atoms with Crippen LogP contribution < -0.4 is 0 Å². The van der Waals surface area contributed by atoms with E-state index in [1.807, 2.05) is 0 Å². The third-order valence-corrected chi connectivity index (χ3v) is 5.92. The van der Waals surface area contributed by atoms with Crippen LogP contribution in [0.25, 0.3) is 0 Å². The first-order valence-corrected chi connectivity index (χ1v) is 8.63. The van der Waals surface area contributed by atoms with Crippen molar-refractivity contribution in [2.75, 3.05) is 13.1 Å². The summed E-state index contributed by atoms with van der Waals surface area (Å²) in [7, 11) is -3.79. The molecule has 0 saturated carbocycles. The summed E-state index contributed by atoms with van der Waals surface area (Å²) in [5.74, 6) is -0.233. The highest BCUT2D eigenvalue weighted by molar-refractivity contribution is 7.89. The second-order valence-electron chi connectivity index (χ2n) is 5.36. The largest absolute Gasteiger partial charge is 0.244 e. The molecular weight excluding hydrogens is 291 g/mol. The molecule has 1 heterocycles. The minimum atomic E-state index is -3.79. The van der Waals surface area contributed by atoms with Crippen LogP contribution in [0.15, 0.2) is 23.1 Å². The summed E-state index contributed by atoms with van der Waals surface area (Å²) in [6.45, 7) is 3.00. The van der Waals surface area contributed by atoms with Gasteiger partial charge in [0.25, 0.3) is 0 Å². The molecule has 1 aromatic carbocycles. The van der Waals surface area contributed by atoms with Crippen LogP contribution in [-0.4, -0.2) is 25.8 Å². The van der Waals surface area contributed by atoms with Gasteiger partial charge in [0.15, 0.2) is 0 Å². The SMILES string of the molecule is CCCC1CCN(S(=O)(=O)c2cccc(F)c2C#N)CC1. The molecule has 4 nitrogen and oxygen atoms in total. The van der Waals surface area contributed by atoms with Crippen molar-refractivity contribution in [2.24, 2.45) is 5.92 Å². The number of hydrogen-bond donors (Lipinski definition) is 0. The molecule has 0 radical (unpaired) electrons. The Labute approximate surface area is 125 Å². The Kier molecular flexibility index (Phi) is 4.96. The first-order chi connectivity index (χ1) is 10.0. The number of nitrogens with zero attached hydrogens (tertiary/aromatic N) is 2. The van der Waals surface area contributed by atoms with Gasteiger partial charge >= 0.3 is 0 Å². The predicted molar refractivity (Wildman–Crippen MR) is 77.5 cm³/mol. The van der Waals surface area contributed by atoms with E-state index in [2.05, 4.69) is 6.92 Å². The third-order valence-electron chi connectivity index (χ3n) is 3.98. The maximum absolute atomic E-state index is 13.6. The van der Waals surface area contributed by atoms with E-state index < -0.39 is 21.4 Å². The van der Waals surface area contributed by atoms with Crippen molar-refractivity contribution in [3.63, 3.8) is 0 Å². The maximum Gasteiger partial charge on any atom is 0.244 e. The molecule has 1 aromatic rings. The van der Waals surface area contributed by atoms with E-state index in [0.29, 0.717) is 19.0 Å². The van der Waals surface area contributed by atoms with Gasteiger partial charge in [0, 0.05) is 13.1 Å². The van der Waals surface area contributed by atoms with E-state index in [1.54, 1.807) is 6.07 Å². The average molecular weight is 310 g/mol. The molecule has 0 unspecified atom stereocenters. The number of hydrogen-bond acceptors (Lipinski definition) is 3. The highest BCUT2D eigenvalue weighted by Gasteiger charge is 2.31. The molecule has 0 aliphatic carbocycles. The Hall–Kier alpha value is -1.45. The summed E-state index contributed by atoms with van der Waals surface area (Å²) in [5.41, 5.74) is -0.395. The van der Waals surface area contributed by atoms with Crippen LogP contribution in [0.2, 0.25) is 0 Å². The molecule has 114 valence electrons. The van der Waals surface area contributed by atoms with E-state index in [4.69, 9.17) is 5.26 Å². The second kappa shape index (κ2) is 6.54. The summed E-state index contributed by atoms with van der Waals surface area (Å²) < 4.78 is 40.2. The molecule has 6 heteroatoms. The van der Waals surface area contributed by atoms with Crippen molar-refractivity contribution in [1.82, 2.24) is 4.31 Å². The molecule has 1 aliphatic heterocycles. The average Bonchev–Trinajstić information content (AvgIpc) is 2.48. The van der Waals surface area contributed by atoms with Gasteiger partial charge in [-0.1, -0.05) is 25.8 Å². The fraction of sp³-hybridized carbons (Fsp3) is 0.533. The zero-order chi connectivity index (χ0) is 15.5. The molecule has 0 aromatic heterocycles. The lowest BCUT2D eigenvalue weighted by molar-refractivity contribution is 0.262. The third kappa shape index (κ3) is 3.25. The first kappa shape index (κ1) is 15.9. The van der Waals surface area contributed by atoms with Gasteiger partial charge in [0.1, 0.15) is 22.3 Å². The highest BCUT2D eigenvalue weighted by atomic mass is 32.2. The predicted octanol–water partition coefficient (Wildman–Crippen LogP) is 2.90. The topological polar surface area (TPSA) is 61.2 Å². The zero-order valence-corrected chi connectivity index (χ0v) is 12.9. The monoisotopic (exact) mass is 310 g/mol. The summed E-state index contributed by atoms with van der Waals surface area (Å²) in [6, 6.07) is 5.39. The fourth-order valence-electron chi connectivity index (χ4n) is 2.81. The van der Waals surface area contributed by atoms with Gasteiger partial charge < -0.3 is 0 Å². The van der Waals surface area contributed by atoms with Crippen LogP contribution in [0.4, 0.5) is 4.39 Å². The van der Waals surface area contributed by atoms with Crippen molar-refractivity contribution >= 4 is 10.0 Å². The molecule has 21 heavy (non-hydrogen) atoms.